The molecule has 2 aromatic heterocycles. The second-order valence-corrected chi connectivity index (χ2v) is 7.47. The highest BCUT2D eigenvalue weighted by atomic mass is 32.2. The summed E-state index contributed by atoms with van der Waals surface area (Å²) in [6.07, 6.45) is 0.725. The smallest absolute Gasteiger partial charge is 0.256 e. The van der Waals surface area contributed by atoms with Crippen molar-refractivity contribution in [1.29, 1.82) is 0 Å². The molecule has 3 heterocycles. The minimum Gasteiger partial charge on any atom is -0.486 e. The highest BCUT2D eigenvalue weighted by Gasteiger charge is 2.13. The highest BCUT2D eigenvalue weighted by Crippen LogP contribution is 2.30. The fraction of sp³-hybridized carbons (Fsp3) is 0.368. The zero-order valence-electron chi connectivity index (χ0n) is 15.8. The first-order chi connectivity index (χ1) is 13.6. The Morgan fingerprint density at radius 2 is 2.00 bits per heavy atom. The SMILES string of the molecule is Cc1cc(C)n2c(SCC(=O)NCCc3ccc4c(c3)OCCO4)nnc2n1. The van der Waals surface area contributed by atoms with Crippen LogP contribution in [0, 0.1) is 13.8 Å². The number of hydrogen-bond acceptors (Lipinski definition) is 7. The first-order valence-corrected chi connectivity index (χ1v) is 10.1. The van der Waals surface area contributed by atoms with Crippen molar-refractivity contribution in [2.45, 2.75) is 25.4 Å². The van der Waals surface area contributed by atoms with Crippen LogP contribution in [0.5, 0.6) is 11.5 Å². The third-order valence-electron chi connectivity index (χ3n) is 4.34. The molecular weight excluding hydrogens is 378 g/mol. The van der Waals surface area contributed by atoms with E-state index in [0.29, 0.717) is 30.7 Å². The van der Waals surface area contributed by atoms with E-state index in [0.717, 1.165) is 34.9 Å². The van der Waals surface area contributed by atoms with Crippen LogP contribution in [-0.2, 0) is 11.2 Å². The average Bonchev–Trinajstić information content (AvgIpc) is 3.09. The van der Waals surface area contributed by atoms with Crippen molar-refractivity contribution in [2.75, 3.05) is 25.5 Å². The lowest BCUT2D eigenvalue weighted by molar-refractivity contribution is -0.118. The van der Waals surface area contributed by atoms with Gasteiger partial charge in [0.25, 0.3) is 5.78 Å². The van der Waals surface area contributed by atoms with Gasteiger partial charge in [0.05, 0.1) is 5.75 Å². The number of benzene rings is 1. The number of hydrogen-bond donors (Lipinski definition) is 1. The lowest BCUT2D eigenvalue weighted by atomic mass is 10.1. The number of amides is 1. The second-order valence-electron chi connectivity index (χ2n) is 6.52. The number of aromatic nitrogens is 4. The lowest BCUT2D eigenvalue weighted by Gasteiger charge is -2.18. The molecule has 0 spiro atoms. The van der Waals surface area contributed by atoms with Crippen LogP contribution in [0.15, 0.2) is 29.4 Å². The summed E-state index contributed by atoms with van der Waals surface area (Å²) in [5.41, 5.74) is 2.98. The van der Waals surface area contributed by atoms with Crippen LogP contribution >= 0.6 is 11.8 Å². The van der Waals surface area contributed by atoms with Crippen LogP contribution in [0.25, 0.3) is 5.78 Å². The number of carbonyl (C=O) groups excluding carboxylic acids is 1. The van der Waals surface area contributed by atoms with E-state index in [1.54, 1.807) is 0 Å². The van der Waals surface area contributed by atoms with E-state index in [4.69, 9.17) is 9.47 Å². The van der Waals surface area contributed by atoms with E-state index in [9.17, 15) is 4.79 Å². The summed E-state index contributed by atoms with van der Waals surface area (Å²) in [6, 6.07) is 7.84. The zero-order valence-corrected chi connectivity index (χ0v) is 16.6. The molecule has 146 valence electrons. The maximum atomic E-state index is 12.2. The number of thioether (sulfide) groups is 1. The van der Waals surface area contributed by atoms with Crippen molar-refractivity contribution in [1.82, 2.24) is 24.9 Å². The standard InChI is InChI=1S/C19H21N5O3S/c1-12-9-13(2)24-18(21-12)22-23-19(24)28-11-17(25)20-6-5-14-3-4-15-16(10-14)27-8-7-26-15/h3-4,9-10H,5-8,11H2,1-2H3,(H,20,25). The van der Waals surface area contributed by atoms with Crippen LogP contribution < -0.4 is 14.8 Å². The van der Waals surface area contributed by atoms with Crippen LogP contribution in [0.2, 0.25) is 0 Å². The molecule has 9 heteroatoms. The maximum Gasteiger partial charge on any atom is 0.256 e. The van der Waals surface area contributed by atoms with E-state index in [2.05, 4.69) is 20.5 Å². The van der Waals surface area contributed by atoms with Gasteiger partial charge in [0, 0.05) is 17.9 Å². The number of rotatable bonds is 6. The summed E-state index contributed by atoms with van der Waals surface area (Å²) >= 11 is 1.35. The first kappa shape index (κ1) is 18.5. The Balaban J connectivity index is 1.28. The fourth-order valence-corrected chi connectivity index (χ4v) is 3.88. The molecule has 1 aliphatic heterocycles. The van der Waals surface area contributed by atoms with Gasteiger partial charge in [-0.3, -0.25) is 9.20 Å². The first-order valence-electron chi connectivity index (χ1n) is 9.07. The molecule has 8 nitrogen and oxygen atoms in total. The third-order valence-corrected chi connectivity index (χ3v) is 5.27. The van der Waals surface area contributed by atoms with Crippen LogP contribution in [-0.4, -0.2) is 51.0 Å². The molecule has 1 aliphatic rings. The summed E-state index contributed by atoms with van der Waals surface area (Å²) in [4.78, 5) is 16.5. The van der Waals surface area contributed by atoms with Gasteiger partial charge in [-0.25, -0.2) is 4.98 Å². The molecule has 0 radical (unpaired) electrons. The molecule has 1 amide bonds. The van der Waals surface area contributed by atoms with Crippen molar-refractivity contribution in [3.8, 4) is 11.5 Å². The van der Waals surface area contributed by atoms with E-state index in [1.807, 2.05) is 42.5 Å². The second kappa shape index (κ2) is 8.05. The molecule has 0 aliphatic carbocycles. The van der Waals surface area contributed by atoms with Gasteiger partial charge in [-0.05, 0) is 44.0 Å². The van der Waals surface area contributed by atoms with Gasteiger partial charge in [-0.2, -0.15) is 0 Å². The molecule has 3 aromatic rings. The van der Waals surface area contributed by atoms with Crippen molar-refractivity contribution >= 4 is 23.4 Å². The summed E-state index contributed by atoms with van der Waals surface area (Å²) in [5, 5.41) is 11.8. The molecule has 0 saturated heterocycles. The Labute approximate surface area is 166 Å². The van der Waals surface area contributed by atoms with Crippen LogP contribution in [0.1, 0.15) is 17.0 Å². The van der Waals surface area contributed by atoms with Crippen LogP contribution in [0.4, 0.5) is 0 Å². The van der Waals surface area contributed by atoms with Crippen molar-refractivity contribution in [3.63, 3.8) is 0 Å². The van der Waals surface area contributed by atoms with E-state index in [-0.39, 0.29) is 11.7 Å². The quantitative estimate of drug-likeness (QED) is 0.634. The van der Waals surface area contributed by atoms with Gasteiger partial charge in [-0.15, -0.1) is 10.2 Å². The van der Waals surface area contributed by atoms with Gasteiger partial charge in [0.1, 0.15) is 13.2 Å². The average molecular weight is 399 g/mol. The Bertz CT molecular complexity index is 1020. The number of fused-ring (bicyclic) bond motifs is 2. The fourth-order valence-electron chi connectivity index (χ4n) is 3.06. The van der Waals surface area contributed by atoms with Crippen molar-refractivity contribution in [2.24, 2.45) is 0 Å². The topological polar surface area (TPSA) is 90.6 Å². The predicted molar refractivity (Wildman–Crippen MR) is 105 cm³/mol. The third kappa shape index (κ3) is 4.04. The molecule has 1 aromatic carbocycles. The van der Waals surface area contributed by atoms with Gasteiger partial charge in [-0.1, -0.05) is 17.8 Å². The Hall–Kier alpha value is -2.81. The minimum absolute atomic E-state index is 0.0444. The van der Waals surface area contributed by atoms with Gasteiger partial charge in [0.15, 0.2) is 16.7 Å². The van der Waals surface area contributed by atoms with E-state index < -0.39 is 0 Å². The molecule has 0 fully saturated rings. The summed E-state index contributed by atoms with van der Waals surface area (Å²) < 4.78 is 13.0. The van der Waals surface area contributed by atoms with Crippen molar-refractivity contribution in [3.05, 3.63) is 41.2 Å². The molecule has 0 unspecified atom stereocenters. The summed E-state index contributed by atoms with van der Waals surface area (Å²) in [6.45, 7) is 5.60. The van der Waals surface area contributed by atoms with Gasteiger partial charge >= 0.3 is 0 Å². The largest absolute Gasteiger partial charge is 0.486 e. The van der Waals surface area contributed by atoms with Gasteiger partial charge in [0.2, 0.25) is 5.91 Å². The predicted octanol–water partition coefficient (Wildman–Crippen LogP) is 1.96. The number of nitrogens with one attached hydrogen (secondary N) is 1. The van der Waals surface area contributed by atoms with Crippen molar-refractivity contribution < 1.29 is 14.3 Å². The number of nitrogens with zero attached hydrogens (tertiary/aromatic N) is 4. The van der Waals surface area contributed by atoms with Crippen LogP contribution in [0.3, 0.4) is 0 Å². The molecule has 0 atom stereocenters. The minimum atomic E-state index is -0.0444. The molecular formula is C19H21N5O3S. The molecule has 1 N–H and O–H groups in total. The molecule has 0 saturated carbocycles. The van der Waals surface area contributed by atoms with E-state index in [1.165, 1.54) is 11.8 Å². The monoisotopic (exact) mass is 399 g/mol. The molecule has 0 bridgehead atoms. The van der Waals surface area contributed by atoms with E-state index >= 15 is 0 Å². The maximum absolute atomic E-state index is 12.2. The Morgan fingerprint density at radius 1 is 1.18 bits per heavy atom. The number of carbonyl (C=O) groups is 1. The summed E-state index contributed by atoms with van der Waals surface area (Å²) in [5.74, 6) is 2.32. The Morgan fingerprint density at radius 3 is 2.86 bits per heavy atom. The summed E-state index contributed by atoms with van der Waals surface area (Å²) in [7, 11) is 0. The number of aryl methyl sites for hydroxylation is 2. The normalized spacial score (nSPS) is 12.9. The molecule has 4 rings (SSSR count). The lowest BCUT2D eigenvalue weighted by Crippen LogP contribution is -2.27. The number of ether oxygens (including phenoxy) is 2. The zero-order chi connectivity index (χ0) is 19.5. The Kier molecular flexibility index (Phi) is 5.34. The van der Waals surface area contributed by atoms with Gasteiger partial charge < -0.3 is 14.8 Å². The highest BCUT2D eigenvalue weighted by molar-refractivity contribution is 7.99. The molecule has 28 heavy (non-hydrogen) atoms.